The first kappa shape index (κ1) is 54.1. The van der Waals surface area contributed by atoms with Crippen molar-refractivity contribution in [2.75, 3.05) is 41.0 Å². The van der Waals surface area contributed by atoms with Crippen molar-refractivity contribution >= 4 is 29.3 Å². The van der Waals surface area contributed by atoms with Gasteiger partial charge in [-0.3, -0.25) is 28.8 Å². The molecule has 12 atom stereocenters. The summed E-state index contributed by atoms with van der Waals surface area (Å²) in [6, 6.07) is 8.63. The SMILES string of the molecule is CCC(C)C(CC(C)C(C)C(=O)C(NC(=O)C(NC)C(C)C)C(C)C)C(CC(=O)N1CCCC1C(OC)C(C)C(=O)CCCC(C)C(C(=O)N1CCCCO1)c1ccccc1)OC. The molecule has 3 rings (SSSR count). The topological polar surface area (TPSA) is 144 Å². The van der Waals surface area contributed by atoms with Crippen molar-refractivity contribution < 1.29 is 38.3 Å². The molecule has 63 heavy (non-hydrogen) atoms. The Morgan fingerprint density at radius 1 is 0.810 bits per heavy atom. The number of rotatable bonds is 27. The summed E-state index contributed by atoms with van der Waals surface area (Å²) in [6.07, 6.45) is 6.12. The van der Waals surface area contributed by atoms with E-state index in [-0.39, 0.29) is 95.2 Å². The summed E-state index contributed by atoms with van der Waals surface area (Å²) in [6.45, 7) is 22.0. The Balaban J connectivity index is 1.67. The number of benzene rings is 1. The van der Waals surface area contributed by atoms with Crippen LogP contribution in [0.15, 0.2) is 30.3 Å². The second kappa shape index (κ2) is 26.7. The van der Waals surface area contributed by atoms with Gasteiger partial charge in [0.15, 0.2) is 5.78 Å². The van der Waals surface area contributed by atoms with E-state index in [1.165, 1.54) is 5.06 Å². The van der Waals surface area contributed by atoms with Crippen LogP contribution in [0, 0.1) is 47.3 Å². The number of amides is 3. The molecule has 0 saturated carbocycles. The minimum absolute atomic E-state index is 0.00001000. The number of carbonyl (C=O) groups is 5. The lowest BCUT2D eigenvalue weighted by Gasteiger charge is -2.37. The fourth-order valence-electron chi connectivity index (χ4n) is 10.1. The fraction of sp³-hybridized carbons (Fsp3) is 0.784. The predicted octanol–water partition coefficient (Wildman–Crippen LogP) is 8.03. The first-order valence-corrected chi connectivity index (χ1v) is 24.3. The van der Waals surface area contributed by atoms with Crippen molar-refractivity contribution in [3.63, 3.8) is 0 Å². The Kier molecular flexibility index (Phi) is 22.9. The van der Waals surface area contributed by atoms with Crippen LogP contribution in [0.1, 0.15) is 145 Å². The molecule has 0 spiro atoms. The number of ketones is 2. The van der Waals surface area contributed by atoms with Crippen LogP contribution in [0.25, 0.3) is 0 Å². The van der Waals surface area contributed by atoms with Crippen LogP contribution in [0.2, 0.25) is 0 Å². The molecule has 0 aromatic heterocycles. The van der Waals surface area contributed by atoms with Gasteiger partial charge in [0.05, 0.1) is 49.3 Å². The third kappa shape index (κ3) is 14.9. The van der Waals surface area contributed by atoms with Gasteiger partial charge in [0, 0.05) is 45.6 Å². The molecular formula is C51H86N4O8. The van der Waals surface area contributed by atoms with Crippen molar-refractivity contribution in [3.8, 4) is 0 Å². The molecule has 12 unspecified atom stereocenters. The molecule has 2 N–H and O–H groups in total. The van der Waals surface area contributed by atoms with E-state index in [1.807, 2.05) is 76.8 Å². The van der Waals surface area contributed by atoms with E-state index >= 15 is 0 Å². The predicted molar refractivity (Wildman–Crippen MR) is 250 cm³/mol. The molecule has 3 amide bonds. The molecule has 2 fully saturated rings. The quantitative estimate of drug-likeness (QED) is 0.0898. The third-order valence-corrected chi connectivity index (χ3v) is 14.6. The molecule has 12 heteroatoms. The van der Waals surface area contributed by atoms with Gasteiger partial charge in [0.2, 0.25) is 11.8 Å². The number of hydroxylamine groups is 2. The van der Waals surface area contributed by atoms with Crippen LogP contribution < -0.4 is 10.6 Å². The summed E-state index contributed by atoms with van der Waals surface area (Å²) in [5.74, 6) is -0.943. The van der Waals surface area contributed by atoms with Crippen LogP contribution >= 0.6 is 0 Å². The number of methoxy groups -OCH3 is 2. The summed E-state index contributed by atoms with van der Waals surface area (Å²) in [4.78, 5) is 76.9. The maximum atomic E-state index is 14.3. The van der Waals surface area contributed by atoms with Gasteiger partial charge < -0.3 is 25.0 Å². The van der Waals surface area contributed by atoms with Crippen molar-refractivity contribution in [1.82, 2.24) is 20.6 Å². The first-order chi connectivity index (χ1) is 29.9. The lowest BCUT2D eigenvalue weighted by Crippen LogP contribution is -2.54. The number of likely N-dealkylation sites (tertiary alicyclic amines) is 1. The molecule has 2 aliphatic heterocycles. The summed E-state index contributed by atoms with van der Waals surface area (Å²) in [7, 11) is 5.07. The highest BCUT2D eigenvalue weighted by Crippen LogP contribution is 2.36. The number of ether oxygens (including phenoxy) is 2. The number of Topliss-reactive ketones (excluding diaryl/α,β-unsaturated/α-hetero) is 2. The van der Waals surface area contributed by atoms with Gasteiger partial charge in [0.25, 0.3) is 5.91 Å². The summed E-state index contributed by atoms with van der Waals surface area (Å²) >= 11 is 0. The monoisotopic (exact) mass is 883 g/mol. The largest absolute Gasteiger partial charge is 0.381 e. The van der Waals surface area contributed by atoms with Gasteiger partial charge in [-0.1, -0.05) is 106 Å². The third-order valence-electron chi connectivity index (χ3n) is 14.6. The molecule has 0 bridgehead atoms. The minimum atomic E-state index is -0.604. The molecule has 2 aliphatic rings. The number of nitrogens with zero attached hydrogens (tertiary/aromatic N) is 2. The highest BCUT2D eigenvalue weighted by Gasteiger charge is 2.42. The van der Waals surface area contributed by atoms with Crippen LogP contribution in [0.3, 0.4) is 0 Å². The lowest BCUT2D eigenvalue weighted by molar-refractivity contribution is -0.199. The van der Waals surface area contributed by atoms with Crippen LogP contribution in [-0.4, -0.2) is 111 Å². The zero-order chi connectivity index (χ0) is 47.0. The van der Waals surface area contributed by atoms with Crippen molar-refractivity contribution in [1.29, 1.82) is 0 Å². The first-order valence-electron chi connectivity index (χ1n) is 24.3. The van der Waals surface area contributed by atoms with E-state index in [1.54, 1.807) is 21.3 Å². The van der Waals surface area contributed by atoms with Gasteiger partial charge in [-0.25, -0.2) is 5.06 Å². The zero-order valence-electron chi connectivity index (χ0n) is 41.3. The Morgan fingerprint density at radius 3 is 2.03 bits per heavy atom. The smallest absolute Gasteiger partial charge is 0.253 e. The zero-order valence-corrected chi connectivity index (χ0v) is 41.3. The average Bonchev–Trinajstić information content (AvgIpc) is 3.76. The second-order valence-electron chi connectivity index (χ2n) is 19.7. The molecule has 12 nitrogen and oxygen atoms in total. The van der Waals surface area contributed by atoms with Crippen molar-refractivity contribution in [2.45, 2.75) is 170 Å². The Bertz CT molecular complexity index is 1570. The highest BCUT2D eigenvalue weighted by molar-refractivity contribution is 5.92. The van der Waals surface area contributed by atoms with Crippen molar-refractivity contribution in [2.24, 2.45) is 47.3 Å². The molecule has 2 heterocycles. The molecule has 0 aliphatic carbocycles. The molecule has 1 aromatic carbocycles. The number of likely N-dealkylation sites (N-methyl/N-ethyl adjacent to an activating group) is 1. The van der Waals surface area contributed by atoms with Gasteiger partial charge in [-0.2, -0.15) is 0 Å². The number of carbonyl (C=O) groups excluding carboxylic acids is 5. The number of nitrogens with one attached hydrogen (secondary N) is 2. The second-order valence-corrected chi connectivity index (χ2v) is 19.7. The maximum absolute atomic E-state index is 14.3. The Labute approximate surface area is 381 Å². The van der Waals surface area contributed by atoms with Crippen LogP contribution in [0.5, 0.6) is 0 Å². The van der Waals surface area contributed by atoms with Crippen molar-refractivity contribution in [3.05, 3.63) is 35.9 Å². The van der Waals surface area contributed by atoms with E-state index in [0.717, 1.165) is 37.7 Å². The number of hydrogen-bond donors (Lipinski definition) is 2. The van der Waals surface area contributed by atoms with Gasteiger partial charge in [0.1, 0.15) is 5.78 Å². The molecule has 358 valence electrons. The summed E-state index contributed by atoms with van der Waals surface area (Å²) < 4.78 is 12.2. The van der Waals surface area contributed by atoms with E-state index in [4.69, 9.17) is 14.3 Å². The van der Waals surface area contributed by atoms with Gasteiger partial charge >= 0.3 is 0 Å². The van der Waals surface area contributed by atoms with E-state index in [2.05, 4.69) is 38.3 Å². The Hall–Kier alpha value is -3.19. The summed E-state index contributed by atoms with van der Waals surface area (Å²) in [5, 5.41) is 7.68. The summed E-state index contributed by atoms with van der Waals surface area (Å²) in [5.41, 5.74) is 0.960. The molecule has 0 radical (unpaired) electrons. The van der Waals surface area contributed by atoms with Crippen LogP contribution in [0.4, 0.5) is 0 Å². The average molecular weight is 883 g/mol. The Morgan fingerprint density at radius 2 is 1.48 bits per heavy atom. The van der Waals surface area contributed by atoms with Gasteiger partial charge in [-0.05, 0) is 93.1 Å². The minimum Gasteiger partial charge on any atom is -0.381 e. The molecular weight excluding hydrogens is 797 g/mol. The normalized spacial score (nSPS) is 21.2. The standard InChI is InChI=1S/C51H86N4O8/c1-14-34(6)40(30-36(8)37(9)48(58)46(32(2)3)53-50(59)47(52-11)33(4)5)43(61-12)31-44(57)54-27-21-25-41(54)49(62-13)38(10)42(56)26-20-22-35(7)45(39-23-16-15-17-24-39)51(60)55-28-18-19-29-63-55/h15-17,23-24,32-38,40-41,43,45-47,49,52H,14,18-22,25-31H2,1-13H3,(H,53,59). The van der Waals surface area contributed by atoms with E-state index in [9.17, 15) is 24.0 Å². The molecule has 2 saturated heterocycles. The molecule has 1 aromatic rings. The number of hydrogen-bond acceptors (Lipinski definition) is 9. The van der Waals surface area contributed by atoms with Crippen LogP contribution in [-0.2, 0) is 38.3 Å². The van der Waals surface area contributed by atoms with Gasteiger partial charge in [-0.15, -0.1) is 0 Å². The maximum Gasteiger partial charge on any atom is 0.253 e. The van der Waals surface area contributed by atoms with E-state index < -0.39 is 24.1 Å². The van der Waals surface area contributed by atoms with E-state index in [0.29, 0.717) is 45.4 Å². The highest BCUT2D eigenvalue weighted by atomic mass is 16.7. The fourth-order valence-corrected chi connectivity index (χ4v) is 10.1. The lowest BCUT2D eigenvalue weighted by atomic mass is 9.74.